The Kier molecular flexibility index (Phi) is 2.69. The van der Waals surface area contributed by atoms with Crippen molar-refractivity contribution in [2.24, 2.45) is 0 Å². The maximum atomic E-state index is 8.88. The number of nitriles is 1. The van der Waals surface area contributed by atoms with E-state index in [1.54, 1.807) is 11.3 Å². The van der Waals surface area contributed by atoms with Gasteiger partial charge in [0.25, 0.3) is 0 Å². The summed E-state index contributed by atoms with van der Waals surface area (Å²) in [6, 6.07) is 7.88. The van der Waals surface area contributed by atoms with E-state index in [-0.39, 0.29) is 0 Å². The van der Waals surface area contributed by atoms with Crippen LogP contribution in [0.2, 0.25) is 0 Å². The van der Waals surface area contributed by atoms with Crippen molar-refractivity contribution in [2.75, 3.05) is 18.0 Å². The number of hydrogen-bond acceptors (Lipinski definition) is 4. The van der Waals surface area contributed by atoms with Gasteiger partial charge in [0, 0.05) is 13.1 Å². The van der Waals surface area contributed by atoms with Gasteiger partial charge in [0.15, 0.2) is 5.13 Å². The van der Waals surface area contributed by atoms with Crippen LogP contribution in [-0.2, 0) is 0 Å². The number of aromatic nitrogens is 1. The Hall–Kier alpha value is -1.60. The highest BCUT2D eigenvalue weighted by atomic mass is 32.1. The van der Waals surface area contributed by atoms with Gasteiger partial charge in [-0.05, 0) is 37.5 Å². The largest absolute Gasteiger partial charge is 0.348 e. The standard InChI is InChI=1S/C13H13N3S/c14-9-10-4-5-11-12(8-10)17-13(15-11)16-6-2-1-3-7-16/h4-5,8H,1-3,6-7H2. The van der Waals surface area contributed by atoms with Crippen molar-refractivity contribution in [3.63, 3.8) is 0 Å². The fourth-order valence-electron chi connectivity index (χ4n) is 2.20. The lowest BCUT2D eigenvalue weighted by Gasteiger charge is -2.25. The summed E-state index contributed by atoms with van der Waals surface area (Å²) in [6.07, 6.45) is 3.86. The maximum absolute atomic E-state index is 8.88. The molecule has 2 heterocycles. The Morgan fingerprint density at radius 1 is 1.24 bits per heavy atom. The highest BCUT2D eigenvalue weighted by Crippen LogP contribution is 2.30. The number of hydrogen-bond donors (Lipinski definition) is 0. The molecule has 0 saturated carbocycles. The fraction of sp³-hybridized carbons (Fsp3) is 0.385. The molecule has 1 aromatic carbocycles. The molecule has 0 unspecified atom stereocenters. The van der Waals surface area contributed by atoms with Gasteiger partial charge >= 0.3 is 0 Å². The molecule has 86 valence electrons. The Morgan fingerprint density at radius 3 is 2.82 bits per heavy atom. The molecule has 0 radical (unpaired) electrons. The van der Waals surface area contributed by atoms with Gasteiger partial charge in [-0.25, -0.2) is 4.98 Å². The van der Waals surface area contributed by atoms with Crippen LogP contribution in [0.1, 0.15) is 24.8 Å². The molecule has 1 aliphatic heterocycles. The normalized spacial score (nSPS) is 16.1. The van der Waals surface area contributed by atoms with Crippen LogP contribution >= 0.6 is 11.3 Å². The first kappa shape index (κ1) is 10.5. The molecule has 0 aliphatic carbocycles. The summed E-state index contributed by atoms with van der Waals surface area (Å²) in [7, 11) is 0. The van der Waals surface area contributed by atoms with Crippen LogP contribution in [0, 0.1) is 11.3 Å². The minimum atomic E-state index is 0.714. The second kappa shape index (κ2) is 4.34. The summed E-state index contributed by atoms with van der Waals surface area (Å²) in [5.74, 6) is 0. The molecule has 1 aliphatic rings. The summed E-state index contributed by atoms with van der Waals surface area (Å²) in [5, 5.41) is 9.98. The van der Waals surface area contributed by atoms with Gasteiger partial charge in [0.1, 0.15) is 0 Å². The molecule has 1 fully saturated rings. The SMILES string of the molecule is N#Cc1ccc2nc(N3CCCCC3)sc2c1. The molecule has 1 aromatic heterocycles. The lowest BCUT2D eigenvalue weighted by molar-refractivity contribution is 0.577. The van der Waals surface area contributed by atoms with Crippen LogP contribution in [0.4, 0.5) is 5.13 Å². The average Bonchev–Trinajstić information content (AvgIpc) is 2.82. The van der Waals surface area contributed by atoms with Crippen molar-refractivity contribution in [1.82, 2.24) is 4.98 Å². The molecule has 3 rings (SSSR count). The average molecular weight is 243 g/mol. The first-order chi connectivity index (χ1) is 8.36. The minimum Gasteiger partial charge on any atom is -0.348 e. The monoisotopic (exact) mass is 243 g/mol. The summed E-state index contributed by atoms with van der Waals surface area (Å²) in [4.78, 5) is 7.01. The molecule has 0 N–H and O–H groups in total. The van der Waals surface area contributed by atoms with E-state index >= 15 is 0 Å². The Morgan fingerprint density at radius 2 is 2.06 bits per heavy atom. The van der Waals surface area contributed by atoms with E-state index in [0.717, 1.165) is 28.4 Å². The van der Waals surface area contributed by atoms with Crippen molar-refractivity contribution in [1.29, 1.82) is 5.26 Å². The lowest BCUT2D eigenvalue weighted by atomic mass is 10.1. The second-order valence-electron chi connectivity index (χ2n) is 4.34. The topological polar surface area (TPSA) is 39.9 Å². The lowest BCUT2D eigenvalue weighted by Crippen LogP contribution is -2.29. The number of anilines is 1. The van der Waals surface area contributed by atoms with Crippen LogP contribution in [0.5, 0.6) is 0 Å². The summed E-state index contributed by atoms with van der Waals surface area (Å²) < 4.78 is 1.12. The first-order valence-corrected chi connectivity index (χ1v) is 6.74. The zero-order valence-electron chi connectivity index (χ0n) is 9.52. The molecule has 0 spiro atoms. The van der Waals surface area contributed by atoms with E-state index in [2.05, 4.69) is 16.0 Å². The minimum absolute atomic E-state index is 0.714. The van der Waals surface area contributed by atoms with Crippen molar-refractivity contribution in [3.05, 3.63) is 23.8 Å². The van der Waals surface area contributed by atoms with Crippen molar-refractivity contribution < 1.29 is 0 Å². The molecule has 0 atom stereocenters. The highest BCUT2D eigenvalue weighted by molar-refractivity contribution is 7.22. The van der Waals surface area contributed by atoms with Crippen LogP contribution in [-0.4, -0.2) is 18.1 Å². The van der Waals surface area contributed by atoms with E-state index < -0.39 is 0 Å². The van der Waals surface area contributed by atoms with Gasteiger partial charge in [0.2, 0.25) is 0 Å². The second-order valence-corrected chi connectivity index (χ2v) is 5.35. The summed E-state index contributed by atoms with van der Waals surface area (Å²) >= 11 is 1.70. The zero-order chi connectivity index (χ0) is 11.7. The molecule has 4 heteroatoms. The van der Waals surface area contributed by atoms with Gasteiger partial charge in [-0.3, -0.25) is 0 Å². The van der Waals surface area contributed by atoms with Crippen molar-refractivity contribution >= 4 is 26.7 Å². The molecular weight excluding hydrogens is 230 g/mol. The van der Waals surface area contributed by atoms with E-state index in [9.17, 15) is 0 Å². The van der Waals surface area contributed by atoms with Gasteiger partial charge in [0.05, 0.1) is 21.8 Å². The third-order valence-corrected chi connectivity index (χ3v) is 4.21. The predicted molar refractivity (Wildman–Crippen MR) is 70.4 cm³/mol. The van der Waals surface area contributed by atoms with Crippen molar-refractivity contribution in [2.45, 2.75) is 19.3 Å². The molecule has 3 nitrogen and oxygen atoms in total. The van der Waals surface area contributed by atoms with Crippen LogP contribution < -0.4 is 4.90 Å². The first-order valence-electron chi connectivity index (χ1n) is 5.92. The molecule has 17 heavy (non-hydrogen) atoms. The van der Waals surface area contributed by atoms with Crippen LogP contribution in [0.25, 0.3) is 10.2 Å². The number of benzene rings is 1. The fourth-order valence-corrected chi connectivity index (χ4v) is 3.26. The van der Waals surface area contributed by atoms with Gasteiger partial charge < -0.3 is 4.90 Å². The highest BCUT2D eigenvalue weighted by Gasteiger charge is 2.14. The maximum Gasteiger partial charge on any atom is 0.186 e. The Labute approximate surface area is 104 Å². The van der Waals surface area contributed by atoms with Gasteiger partial charge in [-0.2, -0.15) is 5.26 Å². The smallest absolute Gasteiger partial charge is 0.186 e. The number of thiazole rings is 1. The van der Waals surface area contributed by atoms with Crippen molar-refractivity contribution in [3.8, 4) is 6.07 Å². The zero-order valence-corrected chi connectivity index (χ0v) is 10.3. The third kappa shape index (κ3) is 1.98. The van der Waals surface area contributed by atoms with Crippen LogP contribution in [0.15, 0.2) is 18.2 Å². The third-order valence-electron chi connectivity index (χ3n) is 3.13. The number of piperidine rings is 1. The quantitative estimate of drug-likeness (QED) is 0.772. The number of nitrogens with zero attached hydrogens (tertiary/aromatic N) is 3. The number of fused-ring (bicyclic) bond motifs is 1. The molecule has 2 aromatic rings. The molecule has 0 bridgehead atoms. The van der Waals surface area contributed by atoms with Crippen LogP contribution in [0.3, 0.4) is 0 Å². The Balaban J connectivity index is 1.98. The molecular formula is C13H13N3S. The Bertz CT molecular complexity index is 576. The molecule has 0 amide bonds. The van der Waals surface area contributed by atoms with Gasteiger partial charge in [-0.1, -0.05) is 11.3 Å². The summed E-state index contributed by atoms with van der Waals surface area (Å²) in [6.45, 7) is 2.23. The van der Waals surface area contributed by atoms with E-state index in [4.69, 9.17) is 5.26 Å². The number of rotatable bonds is 1. The predicted octanol–water partition coefficient (Wildman–Crippen LogP) is 3.16. The van der Waals surface area contributed by atoms with E-state index in [1.807, 2.05) is 18.2 Å². The summed E-state index contributed by atoms with van der Waals surface area (Å²) in [5.41, 5.74) is 1.72. The molecule has 1 saturated heterocycles. The van der Waals surface area contributed by atoms with Gasteiger partial charge in [-0.15, -0.1) is 0 Å². The van der Waals surface area contributed by atoms with E-state index in [0.29, 0.717) is 5.56 Å². The van der Waals surface area contributed by atoms with E-state index in [1.165, 1.54) is 19.3 Å².